The Bertz CT molecular complexity index is 1080. The lowest BCUT2D eigenvalue weighted by atomic mass is 10.0. The Morgan fingerprint density at radius 2 is 2.10 bits per heavy atom. The van der Waals surface area contributed by atoms with Crippen molar-refractivity contribution >= 4 is 23.2 Å². The molecule has 2 atom stereocenters. The van der Waals surface area contributed by atoms with Gasteiger partial charge in [-0.25, -0.2) is 0 Å². The summed E-state index contributed by atoms with van der Waals surface area (Å²) in [7, 11) is 1.98. The SMILES string of the molecule is Cn1c(-c2cccnc2)nnc1N1CCCC[C@@H]1c1nnn(C2=CC(Cl)CC=C2)n1. The fourth-order valence-electron chi connectivity index (χ4n) is 3.99. The van der Waals surface area contributed by atoms with Crippen LogP contribution in [0.1, 0.15) is 37.5 Å². The zero-order valence-corrected chi connectivity index (χ0v) is 17.4. The predicted octanol–water partition coefficient (Wildman–Crippen LogP) is 3.00. The Morgan fingerprint density at radius 3 is 2.93 bits per heavy atom. The van der Waals surface area contributed by atoms with Crippen molar-refractivity contribution in [3.63, 3.8) is 0 Å². The van der Waals surface area contributed by atoms with Crippen molar-refractivity contribution in [1.82, 2.24) is 40.0 Å². The van der Waals surface area contributed by atoms with Crippen LogP contribution in [0.4, 0.5) is 5.95 Å². The average molecular weight is 424 g/mol. The molecule has 2 aliphatic rings. The molecular weight excluding hydrogens is 402 g/mol. The molecule has 0 N–H and O–H groups in total. The number of anilines is 1. The number of hydrogen-bond donors (Lipinski definition) is 0. The van der Waals surface area contributed by atoms with Crippen LogP contribution in [0.15, 0.2) is 42.8 Å². The van der Waals surface area contributed by atoms with E-state index in [-0.39, 0.29) is 11.4 Å². The summed E-state index contributed by atoms with van der Waals surface area (Å²) in [5.74, 6) is 2.27. The molecule has 3 aromatic heterocycles. The van der Waals surface area contributed by atoms with E-state index in [0.29, 0.717) is 5.82 Å². The van der Waals surface area contributed by atoms with Crippen molar-refractivity contribution in [3.05, 3.63) is 48.6 Å². The number of aromatic nitrogens is 8. The van der Waals surface area contributed by atoms with E-state index in [0.717, 1.165) is 55.3 Å². The minimum Gasteiger partial charge on any atom is -0.330 e. The van der Waals surface area contributed by atoms with Gasteiger partial charge in [-0.1, -0.05) is 6.08 Å². The highest BCUT2D eigenvalue weighted by atomic mass is 35.5. The normalized spacial score (nSPS) is 21.7. The van der Waals surface area contributed by atoms with E-state index in [1.54, 1.807) is 17.2 Å². The van der Waals surface area contributed by atoms with Crippen molar-refractivity contribution in [2.24, 2.45) is 7.05 Å². The number of halogens is 1. The largest absolute Gasteiger partial charge is 0.330 e. The van der Waals surface area contributed by atoms with Gasteiger partial charge in [0.15, 0.2) is 11.6 Å². The Labute approximate surface area is 179 Å². The van der Waals surface area contributed by atoms with Crippen molar-refractivity contribution in [2.75, 3.05) is 11.4 Å². The minimum atomic E-state index is -0.0461. The standard InChI is InChI=1S/C20H22ClN9/c1-28-19(14-6-5-10-22-13-14)24-25-20(28)29-11-3-2-9-17(29)18-23-27-30(26-18)16-8-4-7-15(21)12-16/h4-6,8,10,12-13,15,17H,2-3,7,9,11H2,1H3/t15?,17-/m1/s1. The van der Waals surface area contributed by atoms with E-state index in [1.807, 2.05) is 42.0 Å². The van der Waals surface area contributed by atoms with Crippen molar-refractivity contribution < 1.29 is 0 Å². The molecule has 10 heteroatoms. The number of hydrogen-bond acceptors (Lipinski definition) is 7. The highest BCUT2D eigenvalue weighted by Gasteiger charge is 2.31. The minimum absolute atomic E-state index is 0.00267. The number of nitrogens with zero attached hydrogens (tertiary/aromatic N) is 9. The van der Waals surface area contributed by atoms with Gasteiger partial charge >= 0.3 is 0 Å². The molecule has 0 bridgehead atoms. The first kappa shape index (κ1) is 18.9. The summed E-state index contributed by atoms with van der Waals surface area (Å²) in [4.78, 5) is 7.98. The van der Waals surface area contributed by atoms with Gasteiger partial charge in [-0.05, 0) is 55.2 Å². The lowest BCUT2D eigenvalue weighted by molar-refractivity contribution is 0.445. The highest BCUT2D eigenvalue weighted by molar-refractivity contribution is 6.22. The molecule has 0 amide bonds. The molecule has 1 aliphatic heterocycles. The third-order valence-electron chi connectivity index (χ3n) is 5.49. The summed E-state index contributed by atoms with van der Waals surface area (Å²) in [6.45, 7) is 0.866. The second-order valence-electron chi connectivity index (χ2n) is 7.51. The molecule has 1 unspecified atom stereocenters. The molecule has 0 radical (unpaired) electrons. The first-order chi connectivity index (χ1) is 14.7. The van der Waals surface area contributed by atoms with E-state index >= 15 is 0 Å². The fraction of sp³-hybridized carbons (Fsp3) is 0.400. The zero-order chi connectivity index (χ0) is 20.5. The van der Waals surface area contributed by atoms with Crippen LogP contribution in [-0.4, -0.2) is 51.9 Å². The van der Waals surface area contributed by atoms with Crippen LogP contribution in [0.2, 0.25) is 0 Å². The Hall–Kier alpha value is -3.07. The molecule has 1 fully saturated rings. The van der Waals surface area contributed by atoms with Gasteiger partial charge in [0.25, 0.3) is 0 Å². The van der Waals surface area contributed by atoms with Crippen LogP contribution in [0.3, 0.4) is 0 Å². The third kappa shape index (κ3) is 3.49. The summed E-state index contributed by atoms with van der Waals surface area (Å²) in [5, 5.41) is 22.2. The van der Waals surface area contributed by atoms with Gasteiger partial charge in [-0.15, -0.1) is 36.8 Å². The van der Waals surface area contributed by atoms with E-state index in [1.165, 1.54) is 0 Å². The number of alkyl halides is 1. The summed E-state index contributed by atoms with van der Waals surface area (Å²) >= 11 is 6.24. The van der Waals surface area contributed by atoms with E-state index in [9.17, 15) is 0 Å². The summed E-state index contributed by atoms with van der Waals surface area (Å²) < 4.78 is 2.00. The maximum absolute atomic E-state index is 6.24. The quantitative estimate of drug-likeness (QED) is 0.595. The molecule has 0 spiro atoms. The number of piperidine rings is 1. The predicted molar refractivity (Wildman–Crippen MR) is 114 cm³/mol. The molecular formula is C20H22ClN9. The van der Waals surface area contributed by atoms with Crippen LogP contribution in [0.5, 0.6) is 0 Å². The Kier molecular flexibility index (Phi) is 5.04. The molecule has 0 aromatic carbocycles. The molecule has 154 valence electrons. The average Bonchev–Trinajstić information content (AvgIpc) is 3.42. The Balaban J connectivity index is 1.45. The number of rotatable bonds is 4. The summed E-state index contributed by atoms with van der Waals surface area (Å²) in [6, 6.07) is 3.88. The maximum Gasteiger partial charge on any atom is 0.227 e. The van der Waals surface area contributed by atoms with Gasteiger partial charge in [-0.2, -0.15) is 0 Å². The van der Waals surface area contributed by atoms with Crippen LogP contribution in [0, 0.1) is 0 Å². The van der Waals surface area contributed by atoms with E-state index < -0.39 is 0 Å². The fourth-order valence-corrected chi connectivity index (χ4v) is 4.22. The number of tetrazole rings is 1. The molecule has 30 heavy (non-hydrogen) atoms. The van der Waals surface area contributed by atoms with Crippen molar-refractivity contribution in [1.29, 1.82) is 0 Å². The first-order valence-electron chi connectivity index (χ1n) is 10.1. The van der Waals surface area contributed by atoms with E-state index in [4.69, 9.17) is 11.6 Å². The molecule has 4 heterocycles. The molecule has 3 aromatic rings. The van der Waals surface area contributed by atoms with Crippen LogP contribution in [-0.2, 0) is 7.05 Å². The number of allylic oxidation sites excluding steroid dienone is 4. The molecule has 5 rings (SSSR count). The topological polar surface area (TPSA) is 90.4 Å². The van der Waals surface area contributed by atoms with Gasteiger partial charge in [0.05, 0.1) is 17.1 Å². The zero-order valence-electron chi connectivity index (χ0n) is 16.6. The third-order valence-corrected chi connectivity index (χ3v) is 5.79. The Morgan fingerprint density at radius 1 is 1.17 bits per heavy atom. The summed E-state index contributed by atoms with van der Waals surface area (Å²) in [5.41, 5.74) is 1.78. The van der Waals surface area contributed by atoms with Crippen molar-refractivity contribution in [3.8, 4) is 11.4 Å². The lowest BCUT2D eigenvalue weighted by Gasteiger charge is -2.34. The second kappa shape index (κ2) is 7.98. The summed E-state index contributed by atoms with van der Waals surface area (Å²) in [6.07, 6.45) is 13.5. The number of pyridine rings is 1. The smallest absolute Gasteiger partial charge is 0.227 e. The molecule has 1 aliphatic carbocycles. The highest BCUT2D eigenvalue weighted by Crippen LogP contribution is 2.33. The van der Waals surface area contributed by atoms with Gasteiger partial charge in [0.1, 0.15) is 0 Å². The van der Waals surface area contributed by atoms with E-state index in [2.05, 4.69) is 35.5 Å². The molecule has 0 saturated carbocycles. The van der Waals surface area contributed by atoms with Gasteiger partial charge in [0, 0.05) is 31.5 Å². The van der Waals surface area contributed by atoms with Crippen LogP contribution < -0.4 is 4.90 Å². The van der Waals surface area contributed by atoms with Gasteiger partial charge in [-0.3, -0.25) is 9.55 Å². The van der Waals surface area contributed by atoms with Crippen molar-refractivity contribution in [2.45, 2.75) is 37.1 Å². The van der Waals surface area contributed by atoms with Crippen LogP contribution in [0.25, 0.3) is 17.1 Å². The monoisotopic (exact) mass is 423 g/mol. The molecule has 1 saturated heterocycles. The molecule has 9 nitrogen and oxygen atoms in total. The van der Waals surface area contributed by atoms with Gasteiger partial charge in [0.2, 0.25) is 5.95 Å². The first-order valence-corrected chi connectivity index (χ1v) is 10.5. The van der Waals surface area contributed by atoms with Gasteiger partial charge < -0.3 is 4.90 Å². The maximum atomic E-state index is 6.24. The lowest BCUT2D eigenvalue weighted by Crippen LogP contribution is -2.36. The van der Waals surface area contributed by atoms with Crippen LogP contribution >= 0.6 is 11.6 Å². The second-order valence-corrected chi connectivity index (χ2v) is 8.07.